The zero-order valence-electron chi connectivity index (χ0n) is 21.5. The van der Waals surface area contributed by atoms with Gasteiger partial charge in [-0.15, -0.1) is 0 Å². The van der Waals surface area contributed by atoms with Gasteiger partial charge in [-0.25, -0.2) is 0 Å². The van der Waals surface area contributed by atoms with Crippen molar-refractivity contribution in [1.29, 1.82) is 0 Å². The summed E-state index contributed by atoms with van der Waals surface area (Å²) in [6.07, 6.45) is 5.06. The molecule has 0 saturated carbocycles. The Bertz CT molecular complexity index is 1260. The van der Waals surface area contributed by atoms with E-state index in [1.807, 2.05) is 0 Å². The minimum atomic E-state index is -1.81. The minimum Gasteiger partial charge on any atom is -0.352 e. The maximum Gasteiger partial charge on any atom is 0.251 e. The Morgan fingerprint density at radius 3 is 1.61 bits per heavy atom. The van der Waals surface area contributed by atoms with Crippen LogP contribution in [0.25, 0.3) is 0 Å². The summed E-state index contributed by atoms with van der Waals surface area (Å²) >= 11 is 0. The summed E-state index contributed by atoms with van der Waals surface area (Å²) in [4.78, 5) is 16.6. The molecule has 38 heavy (non-hydrogen) atoms. The summed E-state index contributed by atoms with van der Waals surface area (Å²) < 4.78 is 0. The number of carbonyl (C=O) groups excluding carboxylic acids is 1. The van der Waals surface area contributed by atoms with E-state index in [-0.39, 0.29) is 33.6 Å². The van der Waals surface area contributed by atoms with Crippen LogP contribution in [0, 0.1) is 0 Å². The van der Waals surface area contributed by atoms with Crippen LogP contribution in [0.1, 0.15) is 36.0 Å². The van der Waals surface area contributed by atoms with Gasteiger partial charge in [0.2, 0.25) is 0 Å². The van der Waals surface area contributed by atoms with Gasteiger partial charge in [-0.1, -0.05) is 71.9 Å². The van der Waals surface area contributed by atoms with Crippen molar-refractivity contribution in [2.75, 3.05) is 12.7 Å². The topological polar surface area (TPSA) is 42.0 Å². The fourth-order valence-corrected chi connectivity index (χ4v) is 9.31. The van der Waals surface area contributed by atoms with Gasteiger partial charge in [0.05, 0.1) is 6.16 Å². The zero-order chi connectivity index (χ0) is 27.0. The molecule has 1 heterocycles. The summed E-state index contributed by atoms with van der Waals surface area (Å²) in [6.45, 7) is 0.512. The highest BCUT2D eigenvalue weighted by Crippen LogP contribution is 2.55. The molecule has 1 N–H and O–H groups in total. The van der Waals surface area contributed by atoms with E-state index in [0.717, 1.165) is 31.8 Å². The lowest BCUT2D eigenvalue weighted by atomic mass is 9.71. The molecule has 1 amide bonds. The molecule has 0 atom stereocenters. The summed E-state index contributed by atoms with van der Waals surface area (Å²) in [5, 5.41) is 7.08. The van der Waals surface area contributed by atoms with Crippen LogP contribution in [0.15, 0.2) is 91.0 Å². The number of rotatable bonds is 11. The van der Waals surface area contributed by atoms with Crippen molar-refractivity contribution >= 4 is 82.6 Å². The van der Waals surface area contributed by atoms with E-state index in [0.29, 0.717) is 6.54 Å². The van der Waals surface area contributed by atoms with Gasteiger partial charge in [-0.3, -0.25) is 9.78 Å². The van der Waals surface area contributed by atoms with Crippen LogP contribution in [0.4, 0.5) is 0 Å². The molecule has 1 aromatic heterocycles. The van der Waals surface area contributed by atoms with E-state index in [1.165, 1.54) is 15.9 Å². The van der Waals surface area contributed by atoms with Gasteiger partial charge in [-0.2, -0.15) is 0 Å². The van der Waals surface area contributed by atoms with Crippen LogP contribution in [-0.4, -0.2) is 55.0 Å². The molecule has 0 spiro atoms. The number of unbranched alkanes of at least 4 members (excludes halogenated alkanes) is 3. The Hall–Kier alpha value is -3.03. The summed E-state index contributed by atoms with van der Waals surface area (Å²) in [5.74, 6) is -0.388. The minimum absolute atomic E-state index is 0.0188. The van der Waals surface area contributed by atoms with Crippen LogP contribution in [-0.2, 0) is 0 Å². The number of hydrogen-bond donors (Lipinski definition) is 1. The molecular formula is C30H28B4N2OP+. The third-order valence-electron chi connectivity index (χ3n) is 6.86. The summed E-state index contributed by atoms with van der Waals surface area (Å²) in [6, 6.07) is 32.8. The largest absolute Gasteiger partial charge is 0.352 e. The van der Waals surface area contributed by atoms with Crippen molar-refractivity contribution in [1.82, 2.24) is 10.3 Å². The molecule has 180 valence electrons. The predicted molar refractivity (Wildman–Crippen MR) is 167 cm³/mol. The number of carbonyl (C=O) groups is 1. The molecule has 0 saturated heterocycles. The fourth-order valence-electron chi connectivity index (χ4n) is 4.89. The second-order valence-electron chi connectivity index (χ2n) is 9.29. The Labute approximate surface area is 232 Å². The van der Waals surface area contributed by atoms with E-state index in [2.05, 4.69) is 101 Å². The van der Waals surface area contributed by atoms with Gasteiger partial charge in [0, 0.05) is 12.1 Å². The maximum atomic E-state index is 12.6. The smallest absolute Gasteiger partial charge is 0.251 e. The van der Waals surface area contributed by atoms with Crippen molar-refractivity contribution in [3.8, 4) is 0 Å². The number of pyridine rings is 1. The number of nitrogens with zero attached hydrogens (tertiary/aromatic N) is 1. The molecule has 0 fully saturated rings. The second kappa shape index (κ2) is 13.2. The lowest BCUT2D eigenvalue weighted by Crippen LogP contribution is -2.51. The van der Waals surface area contributed by atoms with E-state index in [4.69, 9.17) is 31.4 Å². The van der Waals surface area contributed by atoms with Gasteiger partial charge in [-0.05, 0) is 66.8 Å². The third kappa shape index (κ3) is 6.16. The number of amides is 1. The summed E-state index contributed by atoms with van der Waals surface area (Å²) in [5.41, 5.74) is 0.230. The molecule has 0 aliphatic heterocycles. The molecule has 4 rings (SSSR count). The van der Waals surface area contributed by atoms with Gasteiger partial charge < -0.3 is 5.32 Å². The quantitative estimate of drug-likeness (QED) is 0.183. The highest BCUT2D eigenvalue weighted by molar-refractivity contribution is 7.95. The molecule has 8 radical (unpaired) electrons. The van der Waals surface area contributed by atoms with Gasteiger partial charge in [0.25, 0.3) is 5.91 Å². The fraction of sp³-hybridized carbons (Fsp3) is 0.200. The molecule has 3 aromatic carbocycles. The number of aromatic nitrogens is 1. The van der Waals surface area contributed by atoms with Gasteiger partial charge in [0.15, 0.2) is 0 Å². The third-order valence-corrected chi connectivity index (χ3v) is 11.4. The van der Waals surface area contributed by atoms with E-state index in [9.17, 15) is 4.79 Å². The molecule has 0 unspecified atom stereocenters. The normalized spacial score (nSPS) is 11.3. The zero-order valence-corrected chi connectivity index (χ0v) is 22.4. The second-order valence-corrected chi connectivity index (χ2v) is 12.9. The van der Waals surface area contributed by atoms with Gasteiger partial charge in [0.1, 0.15) is 54.6 Å². The van der Waals surface area contributed by atoms with Crippen LogP contribution < -0.4 is 43.3 Å². The first kappa shape index (κ1) is 28.0. The van der Waals surface area contributed by atoms with Crippen LogP contribution in [0.2, 0.25) is 0 Å². The van der Waals surface area contributed by atoms with E-state index in [1.54, 1.807) is 0 Å². The lowest BCUT2D eigenvalue weighted by Gasteiger charge is -2.27. The van der Waals surface area contributed by atoms with Crippen LogP contribution >= 0.6 is 7.26 Å². The average molecular weight is 507 g/mol. The monoisotopic (exact) mass is 507 g/mol. The van der Waals surface area contributed by atoms with Crippen molar-refractivity contribution in [2.45, 2.75) is 25.7 Å². The highest BCUT2D eigenvalue weighted by Gasteiger charge is 2.44. The highest BCUT2D eigenvalue weighted by atomic mass is 31.2. The van der Waals surface area contributed by atoms with Crippen molar-refractivity contribution in [3.05, 3.63) is 96.6 Å². The average Bonchev–Trinajstić information content (AvgIpc) is 2.95. The number of benzene rings is 3. The van der Waals surface area contributed by atoms with Crippen LogP contribution in [0.3, 0.4) is 0 Å². The molecule has 8 heteroatoms. The Kier molecular flexibility index (Phi) is 9.69. The number of nitrogens with one attached hydrogen (secondary N) is 1. The first-order chi connectivity index (χ1) is 18.4. The Balaban J connectivity index is 1.41. The molecule has 0 aliphatic rings. The van der Waals surface area contributed by atoms with Crippen LogP contribution in [0.5, 0.6) is 0 Å². The molecule has 0 bridgehead atoms. The maximum absolute atomic E-state index is 12.6. The molecular weight excluding hydrogens is 479 g/mol. The van der Waals surface area contributed by atoms with E-state index >= 15 is 0 Å². The first-order valence-electron chi connectivity index (χ1n) is 12.9. The number of hydrogen-bond acceptors (Lipinski definition) is 2. The summed E-state index contributed by atoms with van der Waals surface area (Å²) in [7, 11) is 21.5. The SMILES string of the molecule is [B]c1nc([B])c(C(=O)NCCCCCC[P+](c2ccccc2)(c2ccccc2)c2ccccc2)c([B])c1[B]. The van der Waals surface area contributed by atoms with Crippen molar-refractivity contribution in [2.24, 2.45) is 0 Å². The van der Waals surface area contributed by atoms with Gasteiger partial charge >= 0.3 is 0 Å². The lowest BCUT2D eigenvalue weighted by molar-refractivity contribution is 0.0955. The van der Waals surface area contributed by atoms with Crippen molar-refractivity contribution < 1.29 is 4.79 Å². The Morgan fingerprint density at radius 1 is 0.632 bits per heavy atom. The van der Waals surface area contributed by atoms with E-state index < -0.39 is 7.26 Å². The Morgan fingerprint density at radius 2 is 1.11 bits per heavy atom. The molecule has 4 aromatic rings. The first-order valence-corrected chi connectivity index (χ1v) is 14.9. The molecule has 0 aliphatic carbocycles. The molecule has 3 nitrogen and oxygen atoms in total. The standard InChI is InChI=1S/C30H27B4N2OP/c31-26-25(28(33)36-29(34)27(26)32)30(37)35-20-12-1-2-13-21-38(22-14-6-3-7-15-22,23-16-8-4-9-17-23)24-18-10-5-11-19-24/h3-11,14-19H,1-2,12-13,20-21H2/p+1. The van der Waals surface area contributed by atoms with Crippen molar-refractivity contribution in [3.63, 3.8) is 0 Å². The predicted octanol–water partition coefficient (Wildman–Crippen LogP) is 0.541.